The molecule has 3 aliphatic heterocycles. The molecule has 0 radical (unpaired) electrons. The zero-order valence-electron chi connectivity index (χ0n) is 26.7. The number of carbonyl (C=O) groups is 1. The van der Waals surface area contributed by atoms with Crippen molar-refractivity contribution in [2.75, 3.05) is 77.8 Å². The zero-order valence-corrected chi connectivity index (χ0v) is 26.7. The van der Waals surface area contributed by atoms with Crippen LogP contribution < -0.4 is 20.3 Å². The van der Waals surface area contributed by atoms with Crippen molar-refractivity contribution in [2.45, 2.75) is 50.6 Å². The largest absolute Gasteiger partial charge is 0.493 e. The van der Waals surface area contributed by atoms with E-state index in [1.807, 2.05) is 65.6 Å². The van der Waals surface area contributed by atoms with Gasteiger partial charge in [0, 0.05) is 79.6 Å². The van der Waals surface area contributed by atoms with Crippen molar-refractivity contribution in [3.8, 4) is 5.75 Å². The van der Waals surface area contributed by atoms with Gasteiger partial charge in [0.25, 0.3) is 5.91 Å². The number of piperidine rings is 1. The highest BCUT2D eigenvalue weighted by molar-refractivity contribution is 5.98. The molecular weight excluding hydrogens is 556 g/mol. The second-order valence-corrected chi connectivity index (χ2v) is 12.7. The van der Waals surface area contributed by atoms with Crippen LogP contribution in [0.15, 0.2) is 35.3 Å². The molecule has 1 amide bonds. The summed E-state index contributed by atoms with van der Waals surface area (Å²) in [5, 5.41) is 5.12. The Morgan fingerprint density at radius 2 is 1.80 bits per heavy atom. The summed E-state index contributed by atoms with van der Waals surface area (Å²) >= 11 is 0. The monoisotopic (exact) mass is 602 g/mol. The maximum absolute atomic E-state index is 14.4. The van der Waals surface area contributed by atoms with E-state index in [1.54, 1.807) is 0 Å². The van der Waals surface area contributed by atoms with Crippen LogP contribution in [0.1, 0.15) is 60.6 Å². The van der Waals surface area contributed by atoms with Gasteiger partial charge in [0.2, 0.25) is 5.96 Å². The lowest BCUT2D eigenvalue weighted by Gasteiger charge is -2.35. The highest BCUT2D eigenvalue weighted by Gasteiger charge is 2.33. The van der Waals surface area contributed by atoms with Gasteiger partial charge in [0.1, 0.15) is 17.4 Å². The summed E-state index contributed by atoms with van der Waals surface area (Å²) < 4.78 is 8.25. The normalized spacial score (nSPS) is 21.0. The Morgan fingerprint density at radius 1 is 1.00 bits per heavy atom. The smallest absolute Gasteiger partial charge is 0.258 e. The van der Waals surface area contributed by atoms with Gasteiger partial charge in [-0.3, -0.25) is 4.79 Å². The highest BCUT2D eigenvalue weighted by Crippen LogP contribution is 2.36. The summed E-state index contributed by atoms with van der Waals surface area (Å²) in [6.07, 6.45) is 5.55. The molecule has 1 aromatic carbocycles. The van der Waals surface area contributed by atoms with E-state index in [0.717, 1.165) is 87.1 Å². The number of carbonyl (C=O) groups excluding carboxylic acids is 1. The lowest BCUT2D eigenvalue weighted by Crippen LogP contribution is -2.39. The molecule has 2 aromatic heterocycles. The molecule has 0 spiro atoms. The molecule has 2 unspecified atom stereocenters. The Bertz CT molecular complexity index is 1520. The molecule has 3 aliphatic rings. The SMILES string of the molecule is CN(C)C(=Nc1ccc2c(c1)C(=O)N1CCCCC1c1cc3nc(N4CCC(N)C4)cc(n3n1)N(C)CCCCO2)N(C)C. The molecule has 2 atom stereocenters. The second kappa shape index (κ2) is 12.5. The predicted octanol–water partition coefficient (Wildman–Crippen LogP) is 3.35. The summed E-state index contributed by atoms with van der Waals surface area (Å²) in [5.41, 5.74) is 9.16. The van der Waals surface area contributed by atoms with E-state index < -0.39 is 0 Å². The number of benzene rings is 1. The van der Waals surface area contributed by atoms with Crippen molar-refractivity contribution in [1.82, 2.24) is 29.3 Å². The predicted molar refractivity (Wildman–Crippen MR) is 174 cm³/mol. The Hall–Kier alpha value is -4.06. The Morgan fingerprint density at radius 3 is 2.55 bits per heavy atom. The van der Waals surface area contributed by atoms with Gasteiger partial charge in [-0.15, -0.1) is 0 Å². The van der Waals surface area contributed by atoms with Crippen LogP contribution in [-0.4, -0.2) is 115 Å². The first-order valence-electron chi connectivity index (χ1n) is 15.8. The number of nitrogens with zero attached hydrogens (tertiary/aromatic N) is 9. The van der Waals surface area contributed by atoms with E-state index in [2.05, 4.69) is 29.0 Å². The highest BCUT2D eigenvalue weighted by atomic mass is 16.5. The Kier molecular flexibility index (Phi) is 8.53. The van der Waals surface area contributed by atoms with E-state index in [1.165, 1.54) is 0 Å². The van der Waals surface area contributed by atoms with Gasteiger partial charge in [-0.25, -0.2) is 9.98 Å². The fourth-order valence-electron chi connectivity index (χ4n) is 6.54. The third kappa shape index (κ3) is 5.99. The summed E-state index contributed by atoms with van der Waals surface area (Å²) in [6, 6.07) is 9.89. The first-order valence-corrected chi connectivity index (χ1v) is 15.8. The van der Waals surface area contributed by atoms with Crippen molar-refractivity contribution in [2.24, 2.45) is 10.7 Å². The minimum Gasteiger partial charge on any atom is -0.493 e. The van der Waals surface area contributed by atoms with Crippen LogP contribution in [0.2, 0.25) is 0 Å². The second-order valence-electron chi connectivity index (χ2n) is 12.7. The van der Waals surface area contributed by atoms with Crippen LogP contribution in [0.5, 0.6) is 5.75 Å². The molecule has 44 heavy (non-hydrogen) atoms. The number of rotatable bonds is 2. The van der Waals surface area contributed by atoms with Crippen molar-refractivity contribution >= 4 is 34.8 Å². The third-order valence-corrected chi connectivity index (χ3v) is 8.83. The summed E-state index contributed by atoms with van der Waals surface area (Å²) in [7, 11) is 9.95. The fraction of sp³-hybridized carbons (Fsp3) is 0.562. The fourth-order valence-corrected chi connectivity index (χ4v) is 6.54. The maximum atomic E-state index is 14.4. The van der Waals surface area contributed by atoms with Crippen LogP contribution in [0.3, 0.4) is 0 Å². The molecule has 2 bridgehead atoms. The maximum Gasteiger partial charge on any atom is 0.258 e. The molecule has 3 aromatic rings. The molecule has 12 heteroatoms. The molecule has 2 saturated heterocycles. The number of ether oxygens (including phenoxy) is 1. The summed E-state index contributed by atoms with van der Waals surface area (Å²) in [4.78, 5) is 34.8. The molecular formula is C32H46N10O2. The van der Waals surface area contributed by atoms with E-state index in [9.17, 15) is 4.79 Å². The minimum absolute atomic E-state index is 0.0537. The van der Waals surface area contributed by atoms with Gasteiger partial charge >= 0.3 is 0 Å². The van der Waals surface area contributed by atoms with Crippen molar-refractivity contribution in [3.63, 3.8) is 0 Å². The molecule has 12 nitrogen and oxygen atoms in total. The topological polar surface area (TPSA) is 111 Å². The molecule has 5 heterocycles. The molecule has 2 fully saturated rings. The quantitative estimate of drug-likeness (QED) is 0.349. The standard InChI is InChI=1S/C32H46N10O2/c1-37(2)32(38(3)4)34-23-11-12-27-24(18-23)31(43)41-15-7-6-10-26(41)25-19-29-35-28(40-16-13-22(33)21-40)20-30(42(29)36-25)39(5)14-8-9-17-44-27/h11-12,18-20,22,26H,6-10,13-17,21,33H2,1-5H3. The van der Waals surface area contributed by atoms with Crippen LogP contribution in [0, 0.1) is 0 Å². The molecule has 236 valence electrons. The van der Waals surface area contributed by atoms with Crippen LogP contribution in [0.4, 0.5) is 17.3 Å². The summed E-state index contributed by atoms with van der Waals surface area (Å²) in [6.45, 7) is 3.71. The van der Waals surface area contributed by atoms with Crippen LogP contribution in [0.25, 0.3) is 5.65 Å². The average molecular weight is 603 g/mol. The van der Waals surface area contributed by atoms with Gasteiger partial charge in [0.05, 0.1) is 29.6 Å². The number of aliphatic imine (C=N–C) groups is 1. The van der Waals surface area contributed by atoms with Crippen molar-refractivity contribution < 1.29 is 9.53 Å². The van der Waals surface area contributed by atoms with Crippen LogP contribution >= 0.6 is 0 Å². The van der Waals surface area contributed by atoms with Crippen molar-refractivity contribution in [3.05, 3.63) is 41.6 Å². The first kappa shape index (κ1) is 30.0. The number of anilines is 2. The van der Waals surface area contributed by atoms with E-state index in [-0.39, 0.29) is 18.0 Å². The Labute approximate surface area is 260 Å². The van der Waals surface area contributed by atoms with Gasteiger partial charge in [0.15, 0.2) is 5.65 Å². The number of nitrogens with two attached hydrogens (primary N) is 1. The first-order chi connectivity index (χ1) is 21.2. The van der Waals surface area contributed by atoms with Crippen LogP contribution in [-0.2, 0) is 0 Å². The molecule has 2 N–H and O–H groups in total. The lowest BCUT2D eigenvalue weighted by molar-refractivity contribution is 0.0601. The van der Waals surface area contributed by atoms with Crippen molar-refractivity contribution in [1.29, 1.82) is 0 Å². The summed E-state index contributed by atoms with van der Waals surface area (Å²) in [5.74, 6) is 3.26. The molecule has 6 rings (SSSR count). The molecule has 0 aliphatic carbocycles. The van der Waals surface area contributed by atoms with Gasteiger partial charge < -0.3 is 35.0 Å². The lowest BCUT2D eigenvalue weighted by atomic mass is 9.98. The average Bonchev–Trinajstić information content (AvgIpc) is 3.64. The van der Waals surface area contributed by atoms with E-state index in [4.69, 9.17) is 25.5 Å². The van der Waals surface area contributed by atoms with Gasteiger partial charge in [-0.2, -0.15) is 9.61 Å². The number of hydrogen-bond donors (Lipinski definition) is 1. The zero-order chi connectivity index (χ0) is 31.0. The van der Waals surface area contributed by atoms with Gasteiger partial charge in [-0.05, 0) is 56.7 Å². The van der Waals surface area contributed by atoms with Gasteiger partial charge in [-0.1, -0.05) is 0 Å². The number of amides is 1. The number of fused-ring (bicyclic) bond motifs is 4. The number of aromatic nitrogens is 3. The third-order valence-electron chi connectivity index (χ3n) is 8.83. The minimum atomic E-state index is -0.163. The van der Waals surface area contributed by atoms with E-state index >= 15 is 0 Å². The molecule has 0 saturated carbocycles. The number of hydrogen-bond acceptors (Lipinski definition) is 8. The Balaban J connectivity index is 1.43. The van der Waals surface area contributed by atoms with E-state index in [0.29, 0.717) is 30.2 Å². The number of guanidine groups is 1.